The number of rotatable bonds is 2. The van der Waals surface area contributed by atoms with Crippen LogP contribution in [0.5, 0.6) is 5.75 Å². The van der Waals surface area contributed by atoms with E-state index < -0.39 is 0 Å². The summed E-state index contributed by atoms with van der Waals surface area (Å²) in [4.78, 5) is 2.36. The second-order valence-electron chi connectivity index (χ2n) is 5.27. The van der Waals surface area contributed by atoms with Gasteiger partial charge in [0.1, 0.15) is 11.9 Å². The minimum atomic E-state index is 0.374. The first kappa shape index (κ1) is 11.6. The number of fused-ring (bicyclic) bond motifs is 1. The molecule has 3 rings (SSSR count). The van der Waals surface area contributed by atoms with E-state index in [9.17, 15) is 0 Å². The van der Waals surface area contributed by atoms with Crippen LogP contribution >= 0.6 is 0 Å². The van der Waals surface area contributed by atoms with Crippen LogP contribution in [-0.2, 0) is 7.05 Å². The Morgan fingerprint density at radius 3 is 2.67 bits per heavy atom. The van der Waals surface area contributed by atoms with E-state index in [1.165, 1.54) is 10.9 Å². The summed E-state index contributed by atoms with van der Waals surface area (Å²) in [6.45, 7) is 2.27. The highest BCUT2D eigenvalue weighted by Crippen LogP contribution is 2.24. The standard InChI is InChI=1S/C15H20N2O/c1-16-8-6-13(7-9-16)18-14-4-3-12-5-10-17(2)15(12)11-14/h3-5,10-11,13H,6-9H2,1-2H3. The summed E-state index contributed by atoms with van der Waals surface area (Å²) in [7, 11) is 4.24. The van der Waals surface area contributed by atoms with E-state index in [1.807, 2.05) is 0 Å². The normalized spacial score (nSPS) is 18.3. The number of aryl methyl sites for hydroxylation is 1. The number of aromatic nitrogens is 1. The number of hydrogen-bond donors (Lipinski definition) is 0. The van der Waals surface area contributed by atoms with Gasteiger partial charge in [0, 0.05) is 32.4 Å². The van der Waals surface area contributed by atoms with Crippen molar-refractivity contribution < 1.29 is 4.74 Å². The topological polar surface area (TPSA) is 17.4 Å². The fraction of sp³-hybridized carbons (Fsp3) is 0.467. The summed E-state index contributed by atoms with van der Waals surface area (Å²) in [5.41, 5.74) is 1.24. The Morgan fingerprint density at radius 1 is 1.11 bits per heavy atom. The number of ether oxygens (including phenoxy) is 1. The third-order valence-electron chi connectivity index (χ3n) is 3.83. The van der Waals surface area contributed by atoms with Crippen LogP contribution in [0, 0.1) is 0 Å². The van der Waals surface area contributed by atoms with E-state index >= 15 is 0 Å². The first-order valence-corrected chi connectivity index (χ1v) is 6.63. The average molecular weight is 244 g/mol. The van der Waals surface area contributed by atoms with Gasteiger partial charge < -0.3 is 14.2 Å². The van der Waals surface area contributed by atoms with Gasteiger partial charge >= 0.3 is 0 Å². The van der Waals surface area contributed by atoms with Crippen LogP contribution in [0.25, 0.3) is 10.9 Å². The van der Waals surface area contributed by atoms with Gasteiger partial charge in [0.05, 0.1) is 5.52 Å². The van der Waals surface area contributed by atoms with Gasteiger partial charge in [0.15, 0.2) is 0 Å². The molecule has 1 aliphatic rings. The minimum Gasteiger partial charge on any atom is -0.490 e. The van der Waals surface area contributed by atoms with Gasteiger partial charge in [0.2, 0.25) is 0 Å². The molecule has 0 atom stereocenters. The molecule has 0 aliphatic carbocycles. The summed E-state index contributed by atoms with van der Waals surface area (Å²) >= 11 is 0. The van der Waals surface area contributed by atoms with Crippen molar-refractivity contribution in [2.24, 2.45) is 7.05 Å². The Hall–Kier alpha value is -1.48. The minimum absolute atomic E-state index is 0.374. The Bertz CT molecular complexity index is 538. The maximum absolute atomic E-state index is 6.10. The molecule has 0 N–H and O–H groups in total. The predicted octanol–water partition coefficient (Wildman–Crippen LogP) is 2.65. The van der Waals surface area contributed by atoms with Crippen molar-refractivity contribution in [3.05, 3.63) is 30.5 Å². The number of benzene rings is 1. The first-order valence-electron chi connectivity index (χ1n) is 6.63. The molecular weight excluding hydrogens is 224 g/mol. The molecule has 18 heavy (non-hydrogen) atoms. The molecule has 0 spiro atoms. The second kappa shape index (κ2) is 4.65. The van der Waals surface area contributed by atoms with Crippen LogP contribution in [0.3, 0.4) is 0 Å². The molecule has 0 radical (unpaired) electrons. The van der Waals surface area contributed by atoms with Gasteiger partial charge in [-0.1, -0.05) is 0 Å². The monoisotopic (exact) mass is 244 g/mol. The maximum atomic E-state index is 6.10. The van der Waals surface area contributed by atoms with E-state index in [2.05, 4.69) is 54.0 Å². The molecule has 0 amide bonds. The molecule has 0 bridgehead atoms. The SMILES string of the molecule is CN1CCC(Oc2ccc3ccn(C)c3c2)CC1. The van der Waals surface area contributed by atoms with Crippen LogP contribution in [0.15, 0.2) is 30.5 Å². The molecule has 1 aromatic carbocycles. The quantitative estimate of drug-likeness (QED) is 0.808. The average Bonchev–Trinajstić information content (AvgIpc) is 2.74. The van der Waals surface area contributed by atoms with Gasteiger partial charge in [-0.25, -0.2) is 0 Å². The van der Waals surface area contributed by atoms with Gasteiger partial charge in [-0.2, -0.15) is 0 Å². The van der Waals surface area contributed by atoms with Gasteiger partial charge in [-0.15, -0.1) is 0 Å². The zero-order valence-corrected chi connectivity index (χ0v) is 11.1. The highest BCUT2D eigenvalue weighted by atomic mass is 16.5. The van der Waals surface area contributed by atoms with Crippen molar-refractivity contribution in [1.29, 1.82) is 0 Å². The van der Waals surface area contributed by atoms with Gasteiger partial charge in [-0.05, 0) is 43.5 Å². The van der Waals surface area contributed by atoms with Crippen molar-refractivity contribution in [3.8, 4) is 5.75 Å². The fourth-order valence-corrected chi connectivity index (χ4v) is 2.61. The zero-order chi connectivity index (χ0) is 12.5. The molecule has 3 heteroatoms. The maximum Gasteiger partial charge on any atom is 0.121 e. The van der Waals surface area contributed by atoms with Crippen LogP contribution in [0.2, 0.25) is 0 Å². The molecule has 2 heterocycles. The zero-order valence-electron chi connectivity index (χ0n) is 11.1. The number of nitrogens with zero attached hydrogens (tertiary/aromatic N) is 2. The Kier molecular flexibility index (Phi) is 3.00. The van der Waals surface area contributed by atoms with Crippen molar-refractivity contribution in [1.82, 2.24) is 9.47 Å². The largest absolute Gasteiger partial charge is 0.490 e. The highest BCUT2D eigenvalue weighted by molar-refractivity contribution is 5.81. The van der Waals surface area contributed by atoms with Crippen molar-refractivity contribution >= 4 is 10.9 Å². The Balaban J connectivity index is 1.76. The van der Waals surface area contributed by atoms with Crippen LogP contribution in [-0.4, -0.2) is 35.7 Å². The lowest BCUT2D eigenvalue weighted by atomic mass is 10.1. The van der Waals surface area contributed by atoms with E-state index in [4.69, 9.17) is 4.74 Å². The lowest BCUT2D eigenvalue weighted by Crippen LogP contribution is -2.35. The molecule has 0 unspecified atom stereocenters. The smallest absolute Gasteiger partial charge is 0.121 e. The molecule has 1 saturated heterocycles. The van der Waals surface area contributed by atoms with E-state index in [-0.39, 0.29) is 0 Å². The third kappa shape index (κ3) is 2.23. The lowest BCUT2D eigenvalue weighted by Gasteiger charge is -2.29. The van der Waals surface area contributed by atoms with Crippen LogP contribution in [0.4, 0.5) is 0 Å². The summed E-state index contributed by atoms with van der Waals surface area (Å²) in [5.74, 6) is 0.999. The molecule has 0 saturated carbocycles. The fourth-order valence-electron chi connectivity index (χ4n) is 2.61. The van der Waals surface area contributed by atoms with E-state index in [1.54, 1.807) is 0 Å². The van der Waals surface area contributed by atoms with Gasteiger partial charge in [-0.3, -0.25) is 0 Å². The van der Waals surface area contributed by atoms with Crippen molar-refractivity contribution in [2.75, 3.05) is 20.1 Å². The van der Waals surface area contributed by atoms with E-state index in [0.29, 0.717) is 6.10 Å². The Morgan fingerprint density at radius 2 is 1.89 bits per heavy atom. The summed E-state index contributed by atoms with van der Waals surface area (Å²) in [6, 6.07) is 8.50. The predicted molar refractivity (Wildman–Crippen MR) is 74.1 cm³/mol. The Labute approximate surface area is 108 Å². The second-order valence-corrected chi connectivity index (χ2v) is 5.27. The molecule has 1 fully saturated rings. The number of likely N-dealkylation sites (tertiary alicyclic amines) is 1. The van der Waals surface area contributed by atoms with Crippen LogP contribution < -0.4 is 4.74 Å². The molecule has 2 aromatic rings. The van der Waals surface area contributed by atoms with Crippen LogP contribution in [0.1, 0.15) is 12.8 Å². The molecule has 96 valence electrons. The highest BCUT2D eigenvalue weighted by Gasteiger charge is 2.18. The molecule has 3 nitrogen and oxygen atoms in total. The van der Waals surface area contributed by atoms with Crippen molar-refractivity contribution in [2.45, 2.75) is 18.9 Å². The summed E-state index contributed by atoms with van der Waals surface area (Å²) in [5, 5.41) is 1.27. The third-order valence-corrected chi connectivity index (χ3v) is 3.83. The number of piperidine rings is 1. The first-order chi connectivity index (χ1) is 8.72. The summed E-state index contributed by atoms with van der Waals surface area (Å²) in [6.07, 6.45) is 4.71. The molecule has 1 aliphatic heterocycles. The van der Waals surface area contributed by atoms with E-state index in [0.717, 1.165) is 31.7 Å². The number of hydrogen-bond acceptors (Lipinski definition) is 2. The lowest BCUT2D eigenvalue weighted by molar-refractivity contribution is 0.114. The molecular formula is C15H20N2O. The molecule has 1 aromatic heterocycles. The van der Waals surface area contributed by atoms with Gasteiger partial charge in [0.25, 0.3) is 0 Å². The summed E-state index contributed by atoms with van der Waals surface area (Å²) < 4.78 is 8.23. The van der Waals surface area contributed by atoms with Crippen molar-refractivity contribution in [3.63, 3.8) is 0 Å².